The van der Waals surface area contributed by atoms with Gasteiger partial charge in [0.2, 0.25) is 0 Å². The molecule has 0 spiro atoms. The maximum Gasteiger partial charge on any atom is 0.334 e. The predicted octanol–water partition coefficient (Wildman–Crippen LogP) is 0.883. The van der Waals surface area contributed by atoms with Crippen LogP contribution in [0.15, 0.2) is 28.9 Å². The third-order valence-electron chi connectivity index (χ3n) is 1.69. The zero-order valence-corrected chi connectivity index (χ0v) is 8.66. The Hall–Kier alpha value is -1.62. The number of nitrogens with one attached hydrogen (secondary N) is 1. The van der Waals surface area contributed by atoms with E-state index in [1.54, 1.807) is 19.2 Å². The highest BCUT2D eigenvalue weighted by Gasteiger charge is 2.07. The molecule has 0 saturated heterocycles. The van der Waals surface area contributed by atoms with Crippen molar-refractivity contribution >= 4 is 5.97 Å². The maximum atomic E-state index is 11.1. The third-order valence-corrected chi connectivity index (χ3v) is 1.69. The first-order chi connectivity index (χ1) is 7.24. The molecule has 5 nitrogen and oxygen atoms in total. The van der Waals surface area contributed by atoms with Gasteiger partial charge in [0.25, 0.3) is 0 Å². The molecule has 0 unspecified atom stereocenters. The molecule has 0 fully saturated rings. The number of esters is 1. The Morgan fingerprint density at radius 1 is 1.73 bits per heavy atom. The van der Waals surface area contributed by atoms with Gasteiger partial charge < -0.3 is 14.6 Å². The molecule has 1 N–H and O–H groups in total. The minimum Gasteiger partial charge on any atom is -0.463 e. The summed E-state index contributed by atoms with van der Waals surface area (Å²) in [6.45, 7) is 6.61. The summed E-state index contributed by atoms with van der Waals surface area (Å²) in [6.07, 6.45) is 1.57. The van der Waals surface area contributed by atoms with Crippen molar-refractivity contribution in [1.29, 1.82) is 0 Å². The van der Waals surface area contributed by atoms with Gasteiger partial charge in [-0.25, -0.2) is 4.79 Å². The molecule has 0 aliphatic heterocycles. The molecule has 0 aliphatic carbocycles. The molecule has 1 rings (SSSR count). The van der Waals surface area contributed by atoms with Crippen LogP contribution in [0.3, 0.4) is 0 Å². The summed E-state index contributed by atoms with van der Waals surface area (Å²) in [7, 11) is 0. The molecule has 5 heteroatoms. The van der Waals surface area contributed by atoms with Gasteiger partial charge in [-0.1, -0.05) is 11.7 Å². The van der Waals surface area contributed by atoms with E-state index >= 15 is 0 Å². The molecule has 0 atom stereocenters. The molecule has 0 aromatic carbocycles. The second kappa shape index (κ2) is 5.98. The van der Waals surface area contributed by atoms with Crippen LogP contribution in [0.1, 0.15) is 12.7 Å². The minimum atomic E-state index is -0.373. The van der Waals surface area contributed by atoms with Crippen molar-refractivity contribution in [3.63, 3.8) is 0 Å². The second-order valence-electron chi connectivity index (χ2n) is 2.91. The number of hydrogen-bond acceptors (Lipinski definition) is 5. The smallest absolute Gasteiger partial charge is 0.334 e. The minimum absolute atomic E-state index is 0.361. The average Bonchev–Trinajstić information content (AvgIpc) is 2.71. The first-order valence-electron chi connectivity index (χ1n) is 4.69. The lowest BCUT2D eigenvalue weighted by Gasteiger charge is -2.05. The van der Waals surface area contributed by atoms with E-state index < -0.39 is 0 Å². The van der Waals surface area contributed by atoms with Gasteiger partial charge in [0.15, 0.2) is 0 Å². The van der Waals surface area contributed by atoms with Gasteiger partial charge in [-0.2, -0.15) is 0 Å². The molecule has 0 radical (unpaired) electrons. The van der Waals surface area contributed by atoms with E-state index in [-0.39, 0.29) is 5.97 Å². The van der Waals surface area contributed by atoms with Crippen molar-refractivity contribution in [3.8, 4) is 0 Å². The number of carbonyl (C=O) groups excluding carboxylic acids is 1. The van der Waals surface area contributed by atoms with Crippen LogP contribution in [0, 0.1) is 0 Å². The quantitative estimate of drug-likeness (QED) is 0.558. The lowest BCUT2D eigenvalue weighted by molar-refractivity contribution is -0.138. The van der Waals surface area contributed by atoms with E-state index in [0.717, 1.165) is 0 Å². The van der Waals surface area contributed by atoms with E-state index in [0.29, 0.717) is 31.0 Å². The molecule has 0 saturated carbocycles. The molecule has 1 aromatic heterocycles. The highest BCUT2D eigenvalue weighted by molar-refractivity contribution is 5.88. The van der Waals surface area contributed by atoms with Crippen molar-refractivity contribution in [1.82, 2.24) is 10.5 Å². The normalized spacial score (nSPS) is 9.93. The Bertz CT molecular complexity index is 319. The first kappa shape index (κ1) is 11.5. The van der Waals surface area contributed by atoms with E-state index in [1.165, 1.54) is 0 Å². The highest BCUT2D eigenvalue weighted by atomic mass is 16.5. The molecule has 15 heavy (non-hydrogen) atoms. The summed E-state index contributed by atoms with van der Waals surface area (Å²) >= 11 is 0. The maximum absolute atomic E-state index is 11.1. The zero-order chi connectivity index (χ0) is 11.1. The fourth-order valence-corrected chi connectivity index (χ4v) is 0.975. The van der Waals surface area contributed by atoms with Crippen molar-refractivity contribution in [2.75, 3.05) is 13.2 Å². The average molecular weight is 210 g/mol. The Balaban J connectivity index is 2.20. The van der Waals surface area contributed by atoms with Gasteiger partial charge in [-0.3, -0.25) is 0 Å². The summed E-state index contributed by atoms with van der Waals surface area (Å²) < 4.78 is 9.64. The molecule has 1 aromatic rings. The Kier molecular flexibility index (Phi) is 4.56. The summed E-state index contributed by atoms with van der Waals surface area (Å²) in [4.78, 5) is 11.1. The molecule has 82 valence electrons. The summed E-state index contributed by atoms with van der Waals surface area (Å²) in [6, 6.07) is 1.75. The molecule has 1 heterocycles. The number of hydrogen-bond donors (Lipinski definition) is 1. The van der Waals surface area contributed by atoms with E-state index in [1.807, 2.05) is 0 Å². The summed E-state index contributed by atoms with van der Waals surface area (Å²) in [5, 5.41) is 6.55. The van der Waals surface area contributed by atoms with Crippen LogP contribution in [0.25, 0.3) is 0 Å². The fraction of sp³-hybridized carbons (Fsp3) is 0.400. The topological polar surface area (TPSA) is 64.4 Å². The molecular weight excluding hydrogens is 196 g/mol. The third kappa shape index (κ3) is 3.95. The lowest BCUT2D eigenvalue weighted by atomic mass is 10.3. The summed E-state index contributed by atoms with van der Waals surface area (Å²) in [5.74, 6) is 0.342. The van der Waals surface area contributed by atoms with Crippen LogP contribution in [0.2, 0.25) is 0 Å². The van der Waals surface area contributed by atoms with Crippen molar-refractivity contribution in [3.05, 3.63) is 30.2 Å². The van der Waals surface area contributed by atoms with Gasteiger partial charge in [-0.05, 0) is 6.92 Å². The Labute approximate surface area is 88.1 Å². The summed E-state index contributed by atoms with van der Waals surface area (Å²) in [5.41, 5.74) is 0.399. The van der Waals surface area contributed by atoms with E-state index in [2.05, 4.69) is 17.1 Å². The van der Waals surface area contributed by atoms with Gasteiger partial charge in [0, 0.05) is 18.2 Å². The van der Waals surface area contributed by atoms with Crippen molar-refractivity contribution in [2.24, 2.45) is 0 Å². The molecule has 0 aliphatic rings. The van der Waals surface area contributed by atoms with Crippen LogP contribution in [0.5, 0.6) is 0 Å². The van der Waals surface area contributed by atoms with Crippen molar-refractivity contribution < 1.29 is 14.1 Å². The lowest BCUT2D eigenvalue weighted by Crippen LogP contribution is -2.21. The highest BCUT2D eigenvalue weighted by Crippen LogP contribution is 1.97. The molecule has 0 amide bonds. The van der Waals surface area contributed by atoms with Crippen LogP contribution >= 0.6 is 0 Å². The second-order valence-corrected chi connectivity index (χ2v) is 2.91. The van der Waals surface area contributed by atoms with E-state index in [4.69, 9.17) is 9.26 Å². The SMILES string of the molecule is C=C(CNCc1ccno1)C(=O)OCC. The fourth-order valence-electron chi connectivity index (χ4n) is 0.975. The van der Waals surface area contributed by atoms with E-state index in [9.17, 15) is 4.79 Å². The number of nitrogens with zero attached hydrogens (tertiary/aromatic N) is 1. The number of ether oxygens (including phenoxy) is 1. The van der Waals surface area contributed by atoms with Gasteiger partial charge in [0.05, 0.1) is 19.3 Å². The van der Waals surface area contributed by atoms with Gasteiger partial charge in [-0.15, -0.1) is 0 Å². The largest absolute Gasteiger partial charge is 0.463 e. The van der Waals surface area contributed by atoms with Gasteiger partial charge >= 0.3 is 5.97 Å². The zero-order valence-electron chi connectivity index (χ0n) is 8.66. The molecule has 0 bridgehead atoms. The van der Waals surface area contributed by atoms with Crippen LogP contribution in [0.4, 0.5) is 0 Å². The Morgan fingerprint density at radius 3 is 3.13 bits per heavy atom. The number of rotatable bonds is 6. The standard InChI is InChI=1S/C10H14N2O3/c1-3-14-10(13)8(2)6-11-7-9-4-5-12-15-9/h4-5,11H,2-3,6-7H2,1H3. The first-order valence-corrected chi connectivity index (χ1v) is 4.69. The number of aromatic nitrogens is 1. The van der Waals surface area contributed by atoms with Gasteiger partial charge in [0.1, 0.15) is 5.76 Å². The monoisotopic (exact) mass is 210 g/mol. The van der Waals surface area contributed by atoms with Crippen LogP contribution in [-0.2, 0) is 16.1 Å². The van der Waals surface area contributed by atoms with Crippen molar-refractivity contribution in [2.45, 2.75) is 13.5 Å². The van der Waals surface area contributed by atoms with Crippen LogP contribution in [-0.4, -0.2) is 24.3 Å². The number of carbonyl (C=O) groups is 1. The molecular formula is C10H14N2O3. The Morgan fingerprint density at radius 2 is 2.53 bits per heavy atom. The van der Waals surface area contributed by atoms with Crippen LogP contribution < -0.4 is 5.32 Å². The predicted molar refractivity (Wildman–Crippen MR) is 54.0 cm³/mol.